The van der Waals surface area contributed by atoms with Crippen LogP contribution in [0.5, 0.6) is 0 Å². The van der Waals surface area contributed by atoms with Crippen LogP contribution in [0.3, 0.4) is 0 Å². The molecule has 0 bridgehead atoms. The average molecular weight is 235 g/mol. The Labute approximate surface area is 98.8 Å². The van der Waals surface area contributed by atoms with Gasteiger partial charge >= 0.3 is 5.97 Å². The highest BCUT2D eigenvalue weighted by Gasteiger charge is 2.09. The van der Waals surface area contributed by atoms with Gasteiger partial charge in [-0.15, -0.1) is 0 Å². The highest BCUT2D eigenvalue weighted by Crippen LogP contribution is 2.04. The standard InChI is InChI=1S/C12H13NO4/c1-9(14)7-12(16)17-8-11(15)13-10-5-3-2-4-6-10/h2-6H,7-8H2,1H3,(H,13,15). The topological polar surface area (TPSA) is 72.5 Å². The minimum atomic E-state index is -0.694. The maximum absolute atomic E-state index is 11.3. The molecule has 0 fully saturated rings. The normalized spacial score (nSPS) is 9.47. The summed E-state index contributed by atoms with van der Waals surface area (Å²) in [5, 5.41) is 2.55. The lowest BCUT2D eigenvalue weighted by atomic mass is 10.3. The molecule has 0 aromatic heterocycles. The molecule has 0 heterocycles. The Morgan fingerprint density at radius 3 is 2.41 bits per heavy atom. The molecule has 0 spiro atoms. The van der Waals surface area contributed by atoms with Crippen LogP contribution in [-0.4, -0.2) is 24.3 Å². The second kappa shape index (κ2) is 6.42. The quantitative estimate of drug-likeness (QED) is 0.613. The fourth-order valence-electron chi connectivity index (χ4n) is 1.12. The van der Waals surface area contributed by atoms with Crippen molar-refractivity contribution in [1.82, 2.24) is 0 Å². The van der Waals surface area contributed by atoms with Crippen LogP contribution in [0.1, 0.15) is 13.3 Å². The molecule has 1 amide bonds. The summed E-state index contributed by atoms with van der Waals surface area (Å²) < 4.78 is 4.62. The number of ether oxygens (including phenoxy) is 1. The number of carbonyl (C=O) groups excluding carboxylic acids is 3. The summed E-state index contributed by atoms with van der Waals surface area (Å²) in [5.74, 6) is -1.42. The summed E-state index contributed by atoms with van der Waals surface area (Å²) in [7, 11) is 0. The highest BCUT2D eigenvalue weighted by molar-refractivity contribution is 5.96. The number of anilines is 1. The van der Waals surface area contributed by atoms with Crippen molar-refractivity contribution in [2.24, 2.45) is 0 Å². The molecule has 0 aliphatic carbocycles. The monoisotopic (exact) mass is 235 g/mol. The molecule has 90 valence electrons. The lowest BCUT2D eigenvalue weighted by Gasteiger charge is -2.05. The number of Topliss-reactive ketones (excluding diaryl/α,β-unsaturated/α-hetero) is 1. The fraction of sp³-hybridized carbons (Fsp3) is 0.250. The second-order valence-corrected chi connectivity index (χ2v) is 3.45. The summed E-state index contributed by atoms with van der Waals surface area (Å²) in [6.07, 6.45) is -0.307. The number of carbonyl (C=O) groups is 3. The zero-order chi connectivity index (χ0) is 12.7. The van der Waals surface area contributed by atoms with Crippen molar-refractivity contribution in [3.8, 4) is 0 Å². The van der Waals surface area contributed by atoms with E-state index in [1.807, 2.05) is 6.07 Å². The van der Waals surface area contributed by atoms with Crippen molar-refractivity contribution in [3.05, 3.63) is 30.3 Å². The predicted octanol–water partition coefficient (Wildman–Crippen LogP) is 1.15. The van der Waals surface area contributed by atoms with Gasteiger partial charge in [-0.1, -0.05) is 18.2 Å². The van der Waals surface area contributed by atoms with Gasteiger partial charge in [0, 0.05) is 5.69 Å². The molecule has 0 saturated carbocycles. The van der Waals surface area contributed by atoms with Gasteiger partial charge in [0.25, 0.3) is 5.91 Å². The highest BCUT2D eigenvalue weighted by atomic mass is 16.5. The molecule has 5 nitrogen and oxygen atoms in total. The number of benzene rings is 1. The molecule has 0 radical (unpaired) electrons. The van der Waals surface area contributed by atoms with E-state index in [1.54, 1.807) is 24.3 Å². The van der Waals surface area contributed by atoms with Crippen molar-refractivity contribution in [3.63, 3.8) is 0 Å². The van der Waals surface area contributed by atoms with Gasteiger partial charge in [0.2, 0.25) is 0 Å². The van der Waals surface area contributed by atoms with E-state index in [2.05, 4.69) is 10.1 Å². The van der Waals surface area contributed by atoms with Gasteiger partial charge in [-0.2, -0.15) is 0 Å². The maximum Gasteiger partial charge on any atom is 0.313 e. The minimum absolute atomic E-state index is 0.293. The molecule has 1 aromatic rings. The van der Waals surface area contributed by atoms with Crippen LogP contribution in [0.2, 0.25) is 0 Å². The molecular formula is C12H13NO4. The van der Waals surface area contributed by atoms with Gasteiger partial charge in [-0.05, 0) is 19.1 Å². The summed E-state index contributed by atoms with van der Waals surface area (Å²) in [5.41, 5.74) is 0.625. The van der Waals surface area contributed by atoms with Gasteiger partial charge in [0.05, 0.1) is 0 Å². The van der Waals surface area contributed by atoms with E-state index in [9.17, 15) is 14.4 Å². The van der Waals surface area contributed by atoms with Gasteiger partial charge in [-0.25, -0.2) is 0 Å². The van der Waals surface area contributed by atoms with E-state index < -0.39 is 11.9 Å². The van der Waals surface area contributed by atoms with Crippen LogP contribution in [0, 0.1) is 0 Å². The Hall–Kier alpha value is -2.17. The first-order valence-electron chi connectivity index (χ1n) is 5.08. The van der Waals surface area contributed by atoms with Gasteiger partial charge in [0.1, 0.15) is 12.2 Å². The molecule has 1 aromatic carbocycles. The first-order chi connectivity index (χ1) is 8.08. The number of rotatable bonds is 5. The van der Waals surface area contributed by atoms with Crippen molar-refractivity contribution in [1.29, 1.82) is 0 Å². The van der Waals surface area contributed by atoms with Crippen LogP contribution in [0.4, 0.5) is 5.69 Å². The van der Waals surface area contributed by atoms with Gasteiger partial charge < -0.3 is 10.1 Å². The van der Waals surface area contributed by atoms with E-state index in [0.29, 0.717) is 5.69 Å². The van der Waals surface area contributed by atoms with Crippen LogP contribution in [0.25, 0.3) is 0 Å². The third-order valence-corrected chi connectivity index (χ3v) is 1.82. The zero-order valence-electron chi connectivity index (χ0n) is 9.43. The summed E-state index contributed by atoms with van der Waals surface area (Å²) in [6, 6.07) is 8.81. The third-order valence-electron chi connectivity index (χ3n) is 1.82. The lowest BCUT2D eigenvalue weighted by Crippen LogP contribution is -2.21. The summed E-state index contributed by atoms with van der Waals surface area (Å²) >= 11 is 0. The molecule has 0 saturated heterocycles. The Bertz CT molecular complexity index is 414. The molecule has 1 rings (SSSR count). The first-order valence-corrected chi connectivity index (χ1v) is 5.08. The molecule has 1 N–H and O–H groups in total. The third kappa shape index (κ3) is 5.46. The number of amides is 1. The Morgan fingerprint density at radius 1 is 1.18 bits per heavy atom. The van der Waals surface area contributed by atoms with Crippen LogP contribution >= 0.6 is 0 Å². The van der Waals surface area contributed by atoms with E-state index >= 15 is 0 Å². The summed E-state index contributed by atoms with van der Waals surface area (Å²) in [6.45, 7) is 0.895. The lowest BCUT2D eigenvalue weighted by molar-refractivity contribution is -0.148. The average Bonchev–Trinajstić information content (AvgIpc) is 2.27. The molecular weight excluding hydrogens is 222 g/mol. The van der Waals surface area contributed by atoms with Crippen molar-refractivity contribution in [2.45, 2.75) is 13.3 Å². The fourth-order valence-corrected chi connectivity index (χ4v) is 1.12. The SMILES string of the molecule is CC(=O)CC(=O)OCC(=O)Nc1ccccc1. The zero-order valence-corrected chi connectivity index (χ0v) is 9.43. The summed E-state index contributed by atoms with van der Waals surface area (Å²) in [4.78, 5) is 32.9. The van der Waals surface area contributed by atoms with Crippen molar-refractivity contribution < 1.29 is 19.1 Å². The number of hydrogen-bond donors (Lipinski definition) is 1. The van der Waals surface area contributed by atoms with E-state index in [4.69, 9.17) is 0 Å². The maximum atomic E-state index is 11.3. The molecule has 5 heteroatoms. The molecule has 0 aliphatic rings. The number of hydrogen-bond acceptors (Lipinski definition) is 4. The number of nitrogens with one attached hydrogen (secondary N) is 1. The number of esters is 1. The number of ketones is 1. The van der Waals surface area contributed by atoms with E-state index in [0.717, 1.165) is 0 Å². The van der Waals surface area contributed by atoms with Gasteiger partial charge in [0.15, 0.2) is 6.61 Å². The van der Waals surface area contributed by atoms with Crippen molar-refractivity contribution in [2.75, 3.05) is 11.9 Å². The van der Waals surface area contributed by atoms with Gasteiger partial charge in [-0.3, -0.25) is 14.4 Å². The Balaban J connectivity index is 2.31. The molecule has 17 heavy (non-hydrogen) atoms. The Kier molecular flexibility index (Phi) is 4.87. The number of para-hydroxylation sites is 1. The van der Waals surface area contributed by atoms with Crippen LogP contribution in [0.15, 0.2) is 30.3 Å². The predicted molar refractivity (Wildman–Crippen MR) is 61.3 cm³/mol. The van der Waals surface area contributed by atoms with E-state index in [-0.39, 0.29) is 18.8 Å². The second-order valence-electron chi connectivity index (χ2n) is 3.45. The Morgan fingerprint density at radius 2 is 1.82 bits per heavy atom. The van der Waals surface area contributed by atoms with Crippen molar-refractivity contribution >= 4 is 23.3 Å². The molecule has 0 aliphatic heterocycles. The largest absolute Gasteiger partial charge is 0.455 e. The molecule has 0 atom stereocenters. The first kappa shape index (κ1) is 12.9. The van der Waals surface area contributed by atoms with Crippen LogP contribution in [-0.2, 0) is 19.1 Å². The smallest absolute Gasteiger partial charge is 0.313 e. The minimum Gasteiger partial charge on any atom is -0.455 e. The molecule has 0 unspecified atom stereocenters. The van der Waals surface area contributed by atoms with Crippen LogP contribution < -0.4 is 5.32 Å². The van der Waals surface area contributed by atoms with E-state index in [1.165, 1.54) is 6.92 Å².